The number of amides is 1. The van der Waals surface area contributed by atoms with E-state index >= 15 is 0 Å². The first-order chi connectivity index (χ1) is 11.4. The number of nitrogens with zero attached hydrogens (tertiary/aromatic N) is 2. The minimum atomic E-state index is -0.502. The van der Waals surface area contributed by atoms with Crippen LogP contribution in [0.15, 0.2) is 42.5 Å². The van der Waals surface area contributed by atoms with Crippen molar-refractivity contribution < 1.29 is 14.8 Å². The Morgan fingerprint density at radius 2 is 1.92 bits per heavy atom. The molecule has 2 aromatic carbocycles. The predicted molar refractivity (Wildman–Crippen MR) is 92.6 cm³/mol. The van der Waals surface area contributed by atoms with Crippen molar-refractivity contribution in [2.24, 2.45) is 0 Å². The van der Waals surface area contributed by atoms with Crippen molar-refractivity contribution in [3.05, 3.63) is 63.7 Å². The molecule has 0 aliphatic heterocycles. The average molecular weight is 329 g/mol. The van der Waals surface area contributed by atoms with E-state index in [-0.39, 0.29) is 17.9 Å². The summed E-state index contributed by atoms with van der Waals surface area (Å²) >= 11 is 0. The van der Waals surface area contributed by atoms with Gasteiger partial charge in [0, 0.05) is 42.2 Å². The second kappa shape index (κ2) is 7.56. The Morgan fingerprint density at radius 1 is 1.25 bits per heavy atom. The number of anilines is 2. The van der Waals surface area contributed by atoms with Gasteiger partial charge in [0.2, 0.25) is 0 Å². The number of aliphatic hydroxyl groups is 1. The summed E-state index contributed by atoms with van der Waals surface area (Å²) in [6.45, 7) is 2.12. The Kier molecular flexibility index (Phi) is 5.49. The largest absolute Gasteiger partial charge is 0.395 e. The highest BCUT2D eigenvalue weighted by molar-refractivity contribution is 6.05. The zero-order valence-electron chi connectivity index (χ0n) is 13.5. The minimum Gasteiger partial charge on any atom is -0.395 e. The zero-order chi connectivity index (χ0) is 17.7. The lowest BCUT2D eigenvalue weighted by Crippen LogP contribution is -2.21. The molecule has 7 heteroatoms. The lowest BCUT2D eigenvalue weighted by molar-refractivity contribution is -0.385. The van der Waals surface area contributed by atoms with Gasteiger partial charge in [-0.25, -0.2) is 0 Å². The van der Waals surface area contributed by atoms with Gasteiger partial charge in [-0.15, -0.1) is 0 Å². The Hall–Kier alpha value is -2.93. The molecular weight excluding hydrogens is 310 g/mol. The van der Waals surface area contributed by atoms with Crippen LogP contribution in [0.4, 0.5) is 17.1 Å². The fourth-order valence-electron chi connectivity index (χ4n) is 2.34. The predicted octanol–water partition coefficient (Wildman–Crippen LogP) is 2.58. The molecule has 2 rings (SSSR count). The van der Waals surface area contributed by atoms with Crippen LogP contribution in [0.2, 0.25) is 0 Å². The third-order valence-electron chi connectivity index (χ3n) is 3.75. The molecule has 0 aliphatic carbocycles. The number of carbonyl (C=O) groups is 1. The molecule has 24 heavy (non-hydrogen) atoms. The van der Waals surface area contributed by atoms with Gasteiger partial charge in [-0.05, 0) is 37.3 Å². The lowest BCUT2D eigenvalue weighted by atomic mass is 10.1. The third-order valence-corrected chi connectivity index (χ3v) is 3.75. The molecule has 2 N–H and O–H groups in total. The topological polar surface area (TPSA) is 95.7 Å². The van der Waals surface area contributed by atoms with Crippen molar-refractivity contribution in [2.45, 2.75) is 6.92 Å². The maximum atomic E-state index is 12.4. The van der Waals surface area contributed by atoms with Crippen LogP contribution < -0.4 is 10.2 Å². The smallest absolute Gasteiger partial charge is 0.273 e. The van der Waals surface area contributed by atoms with E-state index < -0.39 is 10.8 Å². The Bertz CT molecular complexity index is 744. The van der Waals surface area contributed by atoms with E-state index in [0.717, 1.165) is 5.69 Å². The quantitative estimate of drug-likeness (QED) is 0.627. The van der Waals surface area contributed by atoms with Crippen LogP contribution >= 0.6 is 0 Å². The SMILES string of the molecule is Cc1c(C(=O)Nc2ccc(N(C)CCO)cc2)cccc1[N+](=O)[O-]. The van der Waals surface area contributed by atoms with Crippen LogP contribution in [0.3, 0.4) is 0 Å². The van der Waals surface area contributed by atoms with Crippen molar-refractivity contribution in [2.75, 3.05) is 30.4 Å². The Balaban J connectivity index is 2.16. The number of nitrogens with one attached hydrogen (secondary N) is 1. The Labute approximate surface area is 139 Å². The zero-order valence-corrected chi connectivity index (χ0v) is 13.5. The second-order valence-electron chi connectivity index (χ2n) is 5.35. The van der Waals surface area contributed by atoms with Gasteiger partial charge in [0.05, 0.1) is 11.5 Å². The Morgan fingerprint density at radius 3 is 2.50 bits per heavy atom. The van der Waals surface area contributed by atoms with E-state index in [1.54, 1.807) is 25.1 Å². The normalized spacial score (nSPS) is 10.3. The monoisotopic (exact) mass is 329 g/mol. The van der Waals surface area contributed by atoms with E-state index in [1.165, 1.54) is 12.1 Å². The summed E-state index contributed by atoms with van der Waals surface area (Å²) in [4.78, 5) is 24.7. The highest BCUT2D eigenvalue weighted by atomic mass is 16.6. The van der Waals surface area contributed by atoms with Crippen LogP contribution in [0.1, 0.15) is 15.9 Å². The number of aliphatic hydroxyl groups excluding tert-OH is 1. The first kappa shape index (κ1) is 17.4. The van der Waals surface area contributed by atoms with E-state index in [4.69, 9.17) is 5.11 Å². The summed E-state index contributed by atoms with van der Waals surface area (Å²) in [5.74, 6) is -0.396. The molecule has 0 unspecified atom stereocenters. The number of nitro groups is 1. The molecule has 0 aliphatic rings. The van der Waals surface area contributed by atoms with Gasteiger partial charge >= 0.3 is 0 Å². The summed E-state index contributed by atoms with van der Waals surface area (Å²) in [7, 11) is 1.86. The molecule has 2 aromatic rings. The summed E-state index contributed by atoms with van der Waals surface area (Å²) in [5.41, 5.74) is 2.02. The van der Waals surface area contributed by atoms with Crippen molar-refractivity contribution >= 4 is 23.0 Å². The number of benzene rings is 2. The molecular formula is C17H19N3O4. The summed E-state index contributed by atoms with van der Waals surface area (Å²) < 4.78 is 0. The van der Waals surface area contributed by atoms with Crippen LogP contribution in [0.25, 0.3) is 0 Å². The van der Waals surface area contributed by atoms with Gasteiger partial charge in [0.25, 0.3) is 11.6 Å². The number of rotatable bonds is 6. The molecule has 0 saturated heterocycles. The molecule has 0 heterocycles. The first-order valence-electron chi connectivity index (χ1n) is 7.41. The van der Waals surface area contributed by atoms with E-state index in [2.05, 4.69) is 5.32 Å². The van der Waals surface area contributed by atoms with Crippen molar-refractivity contribution in [3.63, 3.8) is 0 Å². The summed E-state index contributed by atoms with van der Waals surface area (Å²) in [6, 6.07) is 11.6. The molecule has 0 aromatic heterocycles. The number of hydrogen-bond donors (Lipinski definition) is 2. The van der Waals surface area contributed by atoms with Gasteiger partial charge < -0.3 is 15.3 Å². The van der Waals surface area contributed by atoms with Gasteiger partial charge in [-0.2, -0.15) is 0 Å². The second-order valence-corrected chi connectivity index (χ2v) is 5.35. The number of likely N-dealkylation sites (N-methyl/N-ethyl adjacent to an activating group) is 1. The first-order valence-corrected chi connectivity index (χ1v) is 7.41. The number of hydrogen-bond acceptors (Lipinski definition) is 5. The highest BCUT2D eigenvalue weighted by Crippen LogP contribution is 2.23. The third kappa shape index (κ3) is 3.88. The number of nitro benzene ring substituents is 1. The van der Waals surface area contributed by atoms with E-state index in [0.29, 0.717) is 17.8 Å². The van der Waals surface area contributed by atoms with Gasteiger partial charge in [0.1, 0.15) is 0 Å². The average Bonchev–Trinajstić information content (AvgIpc) is 2.55. The summed E-state index contributed by atoms with van der Waals surface area (Å²) in [6.07, 6.45) is 0. The van der Waals surface area contributed by atoms with Crippen molar-refractivity contribution in [1.82, 2.24) is 0 Å². The van der Waals surface area contributed by atoms with Gasteiger partial charge in [-0.1, -0.05) is 6.07 Å². The standard InChI is InChI=1S/C17H19N3O4/c1-12-15(4-3-5-16(12)20(23)24)17(22)18-13-6-8-14(9-7-13)19(2)10-11-21/h3-9,21H,10-11H2,1-2H3,(H,18,22). The molecule has 0 saturated carbocycles. The molecule has 7 nitrogen and oxygen atoms in total. The van der Waals surface area contributed by atoms with Gasteiger partial charge in [-0.3, -0.25) is 14.9 Å². The van der Waals surface area contributed by atoms with E-state index in [1.807, 2.05) is 24.1 Å². The number of carbonyl (C=O) groups excluding carboxylic acids is 1. The van der Waals surface area contributed by atoms with Gasteiger partial charge in [0.15, 0.2) is 0 Å². The van der Waals surface area contributed by atoms with Crippen LogP contribution in [0, 0.1) is 17.0 Å². The van der Waals surface area contributed by atoms with Crippen LogP contribution in [-0.2, 0) is 0 Å². The van der Waals surface area contributed by atoms with Crippen molar-refractivity contribution in [3.8, 4) is 0 Å². The maximum Gasteiger partial charge on any atom is 0.273 e. The highest BCUT2D eigenvalue weighted by Gasteiger charge is 2.18. The maximum absolute atomic E-state index is 12.4. The molecule has 1 amide bonds. The molecule has 0 fully saturated rings. The molecule has 0 radical (unpaired) electrons. The van der Waals surface area contributed by atoms with Crippen LogP contribution in [0.5, 0.6) is 0 Å². The summed E-state index contributed by atoms with van der Waals surface area (Å²) in [5, 5.41) is 22.6. The van der Waals surface area contributed by atoms with Crippen molar-refractivity contribution in [1.29, 1.82) is 0 Å². The van der Waals surface area contributed by atoms with Crippen LogP contribution in [-0.4, -0.2) is 36.1 Å². The fourth-order valence-corrected chi connectivity index (χ4v) is 2.34. The molecule has 0 spiro atoms. The van der Waals surface area contributed by atoms with E-state index in [9.17, 15) is 14.9 Å². The molecule has 126 valence electrons. The minimum absolute atomic E-state index is 0.0566. The molecule has 0 atom stereocenters. The lowest BCUT2D eigenvalue weighted by Gasteiger charge is -2.18. The molecule has 0 bridgehead atoms. The fraction of sp³-hybridized carbons (Fsp3) is 0.235.